The van der Waals surface area contributed by atoms with Gasteiger partial charge in [0, 0.05) is 6.20 Å². The highest BCUT2D eigenvalue weighted by Gasteiger charge is 2.35. The summed E-state index contributed by atoms with van der Waals surface area (Å²) in [6.45, 7) is 5.81. The van der Waals surface area contributed by atoms with Crippen molar-refractivity contribution >= 4 is 5.97 Å². The summed E-state index contributed by atoms with van der Waals surface area (Å²) >= 11 is 0. The molecule has 0 spiro atoms. The molecular formula is C13H22N2O2. The Morgan fingerprint density at radius 1 is 1.47 bits per heavy atom. The first-order valence-corrected chi connectivity index (χ1v) is 6.26. The van der Waals surface area contributed by atoms with E-state index >= 15 is 0 Å². The fourth-order valence-corrected chi connectivity index (χ4v) is 1.90. The molecule has 0 saturated carbocycles. The second-order valence-corrected chi connectivity index (χ2v) is 4.85. The van der Waals surface area contributed by atoms with Gasteiger partial charge in [-0.15, -0.1) is 0 Å². The molecule has 1 N–H and O–H groups in total. The maximum Gasteiger partial charge on any atom is 0.331 e. The lowest BCUT2D eigenvalue weighted by molar-refractivity contribution is -0.147. The molecule has 1 atom stereocenters. The Morgan fingerprint density at radius 3 is 2.65 bits per heavy atom. The first-order valence-electron chi connectivity index (χ1n) is 6.26. The van der Waals surface area contributed by atoms with Crippen LogP contribution in [0.25, 0.3) is 0 Å². The van der Waals surface area contributed by atoms with Crippen molar-refractivity contribution in [3.05, 3.63) is 18.0 Å². The molecule has 4 heteroatoms. The summed E-state index contributed by atoms with van der Waals surface area (Å²) in [4.78, 5) is 11.4. The van der Waals surface area contributed by atoms with Gasteiger partial charge in [-0.2, -0.15) is 5.10 Å². The van der Waals surface area contributed by atoms with Gasteiger partial charge in [0.05, 0.1) is 6.20 Å². The van der Waals surface area contributed by atoms with Crippen molar-refractivity contribution in [3.63, 3.8) is 0 Å². The number of rotatable bonds is 7. The van der Waals surface area contributed by atoms with Crippen LogP contribution in [-0.4, -0.2) is 20.9 Å². The van der Waals surface area contributed by atoms with Gasteiger partial charge in [0.1, 0.15) is 0 Å². The summed E-state index contributed by atoms with van der Waals surface area (Å²) in [5.41, 5.74) is 0.0770. The van der Waals surface area contributed by atoms with Crippen molar-refractivity contribution in [1.29, 1.82) is 0 Å². The molecule has 0 radical (unpaired) electrons. The summed E-state index contributed by atoms with van der Waals surface area (Å²) in [6, 6.07) is 0. The molecule has 0 aliphatic rings. The van der Waals surface area contributed by atoms with Crippen molar-refractivity contribution < 1.29 is 9.90 Å². The van der Waals surface area contributed by atoms with E-state index in [1.54, 1.807) is 24.0 Å². The molecule has 96 valence electrons. The third kappa shape index (κ3) is 3.32. The predicted octanol–water partition coefficient (Wildman–Crippen LogP) is 2.96. The highest BCUT2D eigenvalue weighted by atomic mass is 16.4. The van der Waals surface area contributed by atoms with Crippen LogP contribution < -0.4 is 0 Å². The average Bonchev–Trinajstić information content (AvgIpc) is 2.71. The zero-order valence-electron chi connectivity index (χ0n) is 10.9. The van der Waals surface area contributed by atoms with E-state index in [0.29, 0.717) is 6.42 Å². The highest BCUT2D eigenvalue weighted by molar-refractivity contribution is 5.76. The Balaban J connectivity index is 2.72. The fourth-order valence-electron chi connectivity index (χ4n) is 1.90. The molecule has 0 fully saturated rings. The molecule has 1 aromatic heterocycles. The normalized spacial score (nSPS) is 14.5. The molecule has 1 heterocycles. The van der Waals surface area contributed by atoms with Crippen molar-refractivity contribution in [2.45, 2.75) is 58.4 Å². The Hall–Kier alpha value is -1.32. The van der Waals surface area contributed by atoms with E-state index in [4.69, 9.17) is 0 Å². The van der Waals surface area contributed by atoms with E-state index in [2.05, 4.69) is 12.0 Å². The first kappa shape index (κ1) is 13.7. The third-order valence-corrected chi connectivity index (χ3v) is 3.20. The topological polar surface area (TPSA) is 55.1 Å². The largest absolute Gasteiger partial charge is 0.479 e. The van der Waals surface area contributed by atoms with E-state index in [0.717, 1.165) is 31.2 Å². The van der Waals surface area contributed by atoms with Gasteiger partial charge < -0.3 is 5.11 Å². The number of hydrogen-bond acceptors (Lipinski definition) is 2. The lowest BCUT2D eigenvalue weighted by atomic mass is 9.94. The van der Waals surface area contributed by atoms with Crippen LogP contribution in [0.15, 0.2) is 12.4 Å². The van der Waals surface area contributed by atoms with Gasteiger partial charge >= 0.3 is 5.97 Å². The first-order chi connectivity index (χ1) is 8.00. The molecule has 0 saturated heterocycles. The summed E-state index contributed by atoms with van der Waals surface area (Å²) in [7, 11) is 0. The summed E-state index contributed by atoms with van der Waals surface area (Å²) < 4.78 is 1.58. The number of carbonyl (C=O) groups is 1. The van der Waals surface area contributed by atoms with Crippen LogP contribution in [0, 0.1) is 6.92 Å². The van der Waals surface area contributed by atoms with Gasteiger partial charge in [-0.25, -0.2) is 4.79 Å². The number of nitrogens with zero attached hydrogens (tertiary/aromatic N) is 2. The minimum Gasteiger partial charge on any atom is -0.479 e. The number of unbranched alkanes of at least 4 members (excludes halogenated alkanes) is 3. The number of aromatic nitrogens is 2. The molecule has 0 aliphatic heterocycles. The van der Waals surface area contributed by atoms with Crippen molar-refractivity contribution in [1.82, 2.24) is 9.78 Å². The Bertz CT molecular complexity index is 373. The van der Waals surface area contributed by atoms with E-state index in [1.165, 1.54) is 0 Å². The second-order valence-electron chi connectivity index (χ2n) is 4.85. The van der Waals surface area contributed by atoms with E-state index in [-0.39, 0.29) is 0 Å². The van der Waals surface area contributed by atoms with Crippen molar-refractivity contribution in [2.24, 2.45) is 0 Å². The number of aryl methyl sites for hydroxylation is 1. The van der Waals surface area contributed by atoms with E-state index in [1.807, 2.05) is 6.92 Å². The van der Waals surface area contributed by atoms with E-state index < -0.39 is 11.5 Å². The molecule has 1 unspecified atom stereocenters. The standard InChI is InChI=1S/C13H22N2O2/c1-4-5-6-7-8-13(3,12(16)17)15-10-11(2)9-14-15/h9-10H,4-8H2,1-3H3,(H,16,17). The molecule has 0 aliphatic carbocycles. The minimum absolute atomic E-state index is 0.628. The minimum atomic E-state index is -0.915. The molecule has 0 aromatic carbocycles. The smallest absolute Gasteiger partial charge is 0.331 e. The molecule has 1 aromatic rings. The zero-order chi connectivity index (χ0) is 12.9. The van der Waals surface area contributed by atoms with Crippen LogP contribution in [0.4, 0.5) is 0 Å². The van der Waals surface area contributed by atoms with Crippen molar-refractivity contribution in [3.8, 4) is 0 Å². The third-order valence-electron chi connectivity index (χ3n) is 3.20. The SMILES string of the molecule is CCCCCCC(C)(C(=O)O)n1cc(C)cn1. The predicted molar refractivity (Wildman–Crippen MR) is 67.0 cm³/mol. The Morgan fingerprint density at radius 2 is 2.18 bits per heavy atom. The summed E-state index contributed by atoms with van der Waals surface area (Å²) in [5, 5.41) is 13.5. The van der Waals surface area contributed by atoms with Gasteiger partial charge in [0.15, 0.2) is 5.54 Å². The van der Waals surface area contributed by atoms with Crippen LogP contribution in [0.2, 0.25) is 0 Å². The average molecular weight is 238 g/mol. The number of aliphatic carboxylic acids is 1. The maximum absolute atomic E-state index is 11.4. The number of carboxylic acids is 1. The number of hydrogen-bond donors (Lipinski definition) is 1. The molecule has 0 amide bonds. The molecule has 17 heavy (non-hydrogen) atoms. The van der Waals surface area contributed by atoms with Crippen LogP contribution in [-0.2, 0) is 10.3 Å². The lowest BCUT2D eigenvalue weighted by Gasteiger charge is -2.25. The van der Waals surface area contributed by atoms with Gasteiger partial charge in [0.2, 0.25) is 0 Å². The Labute approximate surface area is 103 Å². The van der Waals surface area contributed by atoms with E-state index in [9.17, 15) is 9.90 Å². The van der Waals surface area contributed by atoms with Crippen LogP contribution >= 0.6 is 0 Å². The van der Waals surface area contributed by atoms with Crippen molar-refractivity contribution in [2.75, 3.05) is 0 Å². The van der Waals surface area contributed by atoms with Gasteiger partial charge in [0.25, 0.3) is 0 Å². The number of carboxylic acid groups (broad SMARTS) is 1. The molecule has 4 nitrogen and oxygen atoms in total. The zero-order valence-corrected chi connectivity index (χ0v) is 10.9. The molecule has 1 rings (SSSR count). The molecular weight excluding hydrogens is 216 g/mol. The maximum atomic E-state index is 11.4. The van der Waals surface area contributed by atoms with Crippen LogP contribution in [0.1, 0.15) is 51.5 Å². The highest BCUT2D eigenvalue weighted by Crippen LogP contribution is 2.24. The fraction of sp³-hybridized carbons (Fsp3) is 0.692. The summed E-state index contributed by atoms with van der Waals surface area (Å²) in [5.74, 6) is -0.808. The van der Waals surface area contributed by atoms with Gasteiger partial charge in [-0.3, -0.25) is 4.68 Å². The van der Waals surface area contributed by atoms with Gasteiger partial charge in [-0.05, 0) is 25.8 Å². The lowest BCUT2D eigenvalue weighted by Crippen LogP contribution is -2.39. The van der Waals surface area contributed by atoms with Crippen LogP contribution in [0.3, 0.4) is 0 Å². The quantitative estimate of drug-likeness (QED) is 0.743. The summed E-state index contributed by atoms with van der Waals surface area (Å²) in [6.07, 6.45) is 8.46. The monoisotopic (exact) mass is 238 g/mol. The van der Waals surface area contributed by atoms with Crippen LogP contribution in [0.5, 0.6) is 0 Å². The Kier molecular flexibility index (Phi) is 4.73. The molecule has 0 bridgehead atoms. The van der Waals surface area contributed by atoms with Gasteiger partial charge in [-0.1, -0.05) is 32.6 Å². The second kappa shape index (κ2) is 5.84.